The van der Waals surface area contributed by atoms with Gasteiger partial charge in [0.15, 0.2) is 0 Å². The van der Waals surface area contributed by atoms with Crippen molar-refractivity contribution in [2.24, 2.45) is 0 Å². The second-order valence-corrected chi connectivity index (χ2v) is 4.90. The molecule has 1 aliphatic carbocycles. The van der Waals surface area contributed by atoms with Gasteiger partial charge in [-0.15, -0.1) is 0 Å². The quantitative estimate of drug-likeness (QED) is 0.755. The highest BCUT2D eigenvalue weighted by Crippen LogP contribution is 2.19. The Labute approximate surface area is 106 Å². The number of halogens is 2. The van der Waals surface area contributed by atoms with Gasteiger partial charge in [0.1, 0.15) is 17.4 Å². The molecule has 2 rings (SSSR count). The second kappa shape index (κ2) is 6.14. The SMILES string of the molecule is CC(CCCNC1CC1)Oc1cc(F)cc(F)c1. The van der Waals surface area contributed by atoms with Crippen molar-refractivity contribution in [2.75, 3.05) is 6.54 Å². The summed E-state index contributed by atoms with van der Waals surface area (Å²) >= 11 is 0. The molecule has 4 heteroatoms. The lowest BCUT2D eigenvalue weighted by Crippen LogP contribution is -2.20. The Morgan fingerprint density at radius 2 is 1.94 bits per heavy atom. The summed E-state index contributed by atoms with van der Waals surface area (Å²) < 4.78 is 31.4. The average Bonchev–Trinajstić information content (AvgIpc) is 3.06. The van der Waals surface area contributed by atoms with Crippen LogP contribution in [-0.2, 0) is 0 Å². The van der Waals surface area contributed by atoms with E-state index in [-0.39, 0.29) is 11.9 Å². The topological polar surface area (TPSA) is 21.3 Å². The summed E-state index contributed by atoms with van der Waals surface area (Å²) in [6.07, 6.45) is 4.42. The van der Waals surface area contributed by atoms with Crippen molar-refractivity contribution < 1.29 is 13.5 Å². The zero-order valence-corrected chi connectivity index (χ0v) is 10.6. The second-order valence-electron chi connectivity index (χ2n) is 4.90. The molecule has 1 fully saturated rings. The fourth-order valence-corrected chi connectivity index (χ4v) is 1.87. The molecule has 1 saturated carbocycles. The number of benzene rings is 1. The molecule has 1 N–H and O–H groups in total. The highest BCUT2D eigenvalue weighted by molar-refractivity contribution is 5.23. The molecule has 1 aromatic carbocycles. The van der Waals surface area contributed by atoms with Crippen molar-refractivity contribution in [3.05, 3.63) is 29.8 Å². The summed E-state index contributed by atoms with van der Waals surface area (Å²) in [5.74, 6) is -0.949. The summed E-state index contributed by atoms with van der Waals surface area (Å²) in [5.41, 5.74) is 0. The Morgan fingerprint density at radius 1 is 1.28 bits per heavy atom. The maximum Gasteiger partial charge on any atom is 0.129 e. The van der Waals surface area contributed by atoms with E-state index >= 15 is 0 Å². The number of nitrogens with one attached hydrogen (secondary N) is 1. The lowest BCUT2D eigenvalue weighted by atomic mass is 10.2. The van der Waals surface area contributed by atoms with E-state index in [1.54, 1.807) is 0 Å². The van der Waals surface area contributed by atoms with Crippen LogP contribution in [0.2, 0.25) is 0 Å². The van der Waals surface area contributed by atoms with Gasteiger partial charge >= 0.3 is 0 Å². The van der Waals surface area contributed by atoms with Crippen LogP contribution in [0.1, 0.15) is 32.6 Å². The monoisotopic (exact) mass is 255 g/mol. The van der Waals surface area contributed by atoms with E-state index in [0.29, 0.717) is 0 Å². The summed E-state index contributed by atoms with van der Waals surface area (Å²) in [4.78, 5) is 0. The van der Waals surface area contributed by atoms with E-state index in [2.05, 4.69) is 5.32 Å². The molecule has 1 atom stereocenters. The van der Waals surface area contributed by atoms with Crippen molar-refractivity contribution in [1.29, 1.82) is 0 Å². The van der Waals surface area contributed by atoms with E-state index in [4.69, 9.17) is 4.74 Å². The number of hydrogen-bond donors (Lipinski definition) is 1. The Kier molecular flexibility index (Phi) is 4.53. The van der Waals surface area contributed by atoms with Crippen molar-refractivity contribution in [3.8, 4) is 5.75 Å². The fraction of sp³-hybridized carbons (Fsp3) is 0.571. The van der Waals surface area contributed by atoms with Crippen molar-refractivity contribution in [3.63, 3.8) is 0 Å². The predicted molar refractivity (Wildman–Crippen MR) is 66.7 cm³/mol. The Balaban J connectivity index is 1.69. The van der Waals surface area contributed by atoms with Crippen molar-refractivity contribution >= 4 is 0 Å². The van der Waals surface area contributed by atoms with Crippen LogP contribution in [0, 0.1) is 11.6 Å². The molecular weight excluding hydrogens is 236 g/mol. The number of rotatable bonds is 7. The molecular formula is C14H19F2NO. The van der Waals surface area contributed by atoms with E-state index in [1.807, 2.05) is 6.92 Å². The van der Waals surface area contributed by atoms with Crippen LogP contribution >= 0.6 is 0 Å². The minimum Gasteiger partial charge on any atom is -0.491 e. The fourth-order valence-electron chi connectivity index (χ4n) is 1.87. The summed E-state index contributed by atoms with van der Waals surface area (Å²) in [6, 6.07) is 3.99. The first-order valence-corrected chi connectivity index (χ1v) is 6.49. The summed E-state index contributed by atoms with van der Waals surface area (Å²) in [6.45, 7) is 2.90. The molecule has 0 radical (unpaired) electrons. The minimum atomic E-state index is -0.604. The lowest BCUT2D eigenvalue weighted by molar-refractivity contribution is 0.206. The smallest absolute Gasteiger partial charge is 0.129 e. The zero-order valence-electron chi connectivity index (χ0n) is 10.6. The molecule has 0 amide bonds. The third-order valence-electron chi connectivity index (χ3n) is 2.97. The molecule has 0 aliphatic heterocycles. The van der Waals surface area contributed by atoms with Crippen LogP contribution in [0.25, 0.3) is 0 Å². The first kappa shape index (κ1) is 13.3. The molecule has 100 valence electrons. The highest BCUT2D eigenvalue weighted by atomic mass is 19.1. The first-order valence-electron chi connectivity index (χ1n) is 6.49. The maximum atomic E-state index is 13.0. The normalized spacial score (nSPS) is 16.6. The van der Waals surface area contributed by atoms with Gasteiger partial charge in [-0.25, -0.2) is 8.78 Å². The van der Waals surface area contributed by atoms with Gasteiger partial charge in [0.2, 0.25) is 0 Å². The van der Waals surface area contributed by atoms with Crippen LogP contribution in [-0.4, -0.2) is 18.7 Å². The maximum absolute atomic E-state index is 13.0. The van der Waals surface area contributed by atoms with Gasteiger partial charge in [-0.3, -0.25) is 0 Å². The van der Waals surface area contributed by atoms with Gasteiger partial charge < -0.3 is 10.1 Å². The van der Waals surface area contributed by atoms with Crippen LogP contribution in [0.15, 0.2) is 18.2 Å². The minimum absolute atomic E-state index is 0.0350. The van der Waals surface area contributed by atoms with Crippen molar-refractivity contribution in [2.45, 2.75) is 44.8 Å². The highest BCUT2D eigenvalue weighted by Gasteiger charge is 2.19. The molecule has 18 heavy (non-hydrogen) atoms. The Morgan fingerprint density at radius 3 is 2.56 bits per heavy atom. The van der Waals surface area contributed by atoms with E-state index in [0.717, 1.165) is 31.5 Å². The van der Waals surface area contributed by atoms with Crippen molar-refractivity contribution in [1.82, 2.24) is 5.32 Å². The van der Waals surface area contributed by atoms with Gasteiger partial charge in [0.05, 0.1) is 6.10 Å². The van der Waals surface area contributed by atoms with E-state index in [9.17, 15) is 8.78 Å². The van der Waals surface area contributed by atoms with E-state index in [1.165, 1.54) is 25.0 Å². The molecule has 2 nitrogen and oxygen atoms in total. The van der Waals surface area contributed by atoms with Gasteiger partial charge in [0, 0.05) is 24.2 Å². The molecule has 1 aromatic rings. The first-order chi connectivity index (χ1) is 8.63. The van der Waals surface area contributed by atoms with Crippen LogP contribution in [0.4, 0.5) is 8.78 Å². The lowest BCUT2D eigenvalue weighted by Gasteiger charge is -2.15. The summed E-state index contributed by atoms with van der Waals surface area (Å²) in [7, 11) is 0. The van der Waals surface area contributed by atoms with Gasteiger partial charge in [-0.1, -0.05) is 0 Å². The standard InChI is InChI=1S/C14H19F2NO/c1-10(3-2-6-17-13-4-5-13)18-14-8-11(15)7-12(16)9-14/h7-10,13,17H,2-6H2,1H3. The molecule has 0 bridgehead atoms. The van der Waals surface area contributed by atoms with Gasteiger partial charge in [0.25, 0.3) is 0 Å². The molecule has 1 unspecified atom stereocenters. The molecule has 1 aliphatic rings. The molecule has 0 aromatic heterocycles. The molecule has 0 saturated heterocycles. The summed E-state index contributed by atoms with van der Waals surface area (Å²) in [5, 5.41) is 3.42. The van der Waals surface area contributed by atoms with Gasteiger partial charge in [-0.05, 0) is 39.2 Å². The Hall–Kier alpha value is -1.16. The third kappa shape index (κ3) is 4.61. The van der Waals surface area contributed by atoms with Crippen LogP contribution < -0.4 is 10.1 Å². The molecule has 0 spiro atoms. The number of hydrogen-bond acceptors (Lipinski definition) is 2. The zero-order chi connectivity index (χ0) is 13.0. The van der Waals surface area contributed by atoms with Crippen LogP contribution in [0.5, 0.6) is 5.75 Å². The van der Waals surface area contributed by atoms with Gasteiger partial charge in [-0.2, -0.15) is 0 Å². The largest absolute Gasteiger partial charge is 0.491 e. The average molecular weight is 255 g/mol. The Bertz CT molecular complexity index is 373. The predicted octanol–water partition coefficient (Wildman–Crippen LogP) is 3.26. The van der Waals surface area contributed by atoms with Crippen LogP contribution in [0.3, 0.4) is 0 Å². The van der Waals surface area contributed by atoms with E-state index < -0.39 is 11.6 Å². The number of ether oxygens (including phenoxy) is 1. The molecule has 0 heterocycles. The third-order valence-corrected chi connectivity index (χ3v) is 2.97.